The second-order valence-corrected chi connectivity index (χ2v) is 15.3. The number of anilines is 3. The standard InChI is InChI=1S/C42H45N/c1-38(2)34-26-28(27-35-37(34)42(9,40(38,5)6)41(7,8)39(35,3)4)31-24-25-36(33-23-17-16-22-32(31)33)43(29-18-12-10-13-19-29)30-20-14-11-15-21-30/h10-27H,1-9H3. The molecule has 0 aliphatic heterocycles. The van der Waals surface area contributed by atoms with Gasteiger partial charge in [-0.05, 0) is 85.2 Å². The highest BCUT2D eigenvalue weighted by atomic mass is 15.1. The zero-order chi connectivity index (χ0) is 30.6. The summed E-state index contributed by atoms with van der Waals surface area (Å²) >= 11 is 0. The molecule has 0 saturated heterocycles. The molecule has 7 rings (SSSR count). The van der Waals surface area contributed by atoms with Crippen molar-refractivity contribution in [2.24, 2.45) is 10.8 Å². The third-order valence-electron chi connectivity index (χ3n) is 13.1. The first kappa shape index (κ1) is 28.0. The summed E-state index contributed by atoms with van der Waals surface area (Å²) in [4.78, 5) is 2.39. The summed E-state index contributed by atoms with van der Waals surface area (Å²) in [6.07, 6.45) is 0. The van der Waals surface area contributed by atoms with Gasteiger partial charge in [0.2, 0.25) is 0 Å². The van der Waals surface area contributed by atoms with Gasteiger partial charge in [-0.25, -0.2) is 0 Å². The largest absolute Gasteiger partial charge is 0.310 e. The molecule has 2 aliphatic rings. The van der Waals surface area contributed by atoms with Gasteiger partial charge in [-0.2, -0.15) is 0 Å². The van der Waals surface area contributed by atoms with Crippen molar-refractivity contribution >= 4 is 27.8 Å². The smallest absolute Gasteiger partial charge is 0.0540 e. The van der Waals surface area contributed by atoms with Crippen LogP contribution in [0.15, 0.2) is 109 Å². The van der Waals surface area contributed by atoms with Crippen molar-refractivity contribution in [1.82, 2.24) is 0 Å². The normalized spacial score (nSPS) is 19.7. The first-order valence-electron chi connectivity index (χ1n) is 15.9. The predicted molar refractivity (Wildman–Crippen MR) is 185 cm³/mol. The molecular weight excluding hydrogens is 518 g/mol. The molecule has 0 saturated carbocycles. The van der Waals surface area contributed by atoms with E-state index in [2.05, 4.69) is 176 Å². The molecule has 43 heavy (non-hydrogen) atoms. The highest BCUT2D eigenvalue weighted by Crippen LogP contribution is 2.76. The first-order valence-corrected chi connectivity index (χ1v) is 15.9. The number of hydrogen-bond donors (Lipinski definition) is 0. The lowest BCUT2D eigenvalue weighted by molar-refractivity contribution is -0.0105. The fourth-order valence-corrected chi connectivity index (χ4v) is 8.96. The first-order chi connectivity index (χ1) is 20.3. The second-order valence-electron chi connectivity index (χ2n) is 15.3. The lowest BCUT2D eigenvalue weighted by Crippen LogP contribution is -2.54. The third kappa shape index (κ3) is 3.34. The summed E-state index contributed by atoms with van der Waals surface area (Å²) in [6.45, 7) is 22.6. The Hall–Kier alpha value is -3.84. The van der Waals surface area contributed by atoms with Crippen LogP contribution >= 0.6 is 0 Å². The van der Waals surface area contributed by atoms with Crippen LogP contribution in [0.25, 0.3) is 21.9 Å². The van der Waals surface area contributed by atoms with E-state index in [1.807, 2.05) is 0 Å². The van der Waals surface area contributed by atoms with Crippen LogP contribution in [0.5, 0.6) is 0 Å². The summed E-state index contributed by atoms with van der Waals surface area (Å²) in [7, 11) is 0. The molecule has 0 N–H and O–H groups in total. The van der Waals surface area contributed by atoms with Gasteiger partial charge in [-0.15, -0.1) is 0 Å². The van der Waals surface area contributed by atoms with E-state index in [0.717, 1.165) is 11.4 Å². The lowest BCUT2D eigenvalue weighted by atomic mass is 9.47. The number of benzene rings is 5. The molecule has 0 spiro atoms. The van der Waals surface area contributed by atoms with Gasteiger partial charge in [0.15, 0.2) is 0 Å². The van der Waals surface area contributed by atoms with Gasteiger partial charge in [0.25, 0.3) is 0 Å². The quantitative estimate of drug-likeness (QED) is 0.210. The minimum Gasteiger partial charge on any atom is -0.310 e. The van der Waals surface area contributed by atoms with Crippen LogP contribution in [0.2, 0.25) is 0 Å². The van der Waals surface area contributed by atoms with Crippen LogP contribution in [-0.2, 0) is 16.2 Å². The maximum Gasteiger partial charge on any atom is 0.0540 e. The van der Waals surface area contributed by atoms with E-state index in [-0.39, 0.29) is 27.1 Å². The summed E-state index contributed by atoms with van der Waals surface area (Å²) in [5.41, 5.74) is 11.2. The summed E-state index contributed by atoms with van der Waals surface area (Å²) < 4.78 is 0. The molecule has 5 aromatic carbocycles. The fraction of sp³-hybridized carbons (Fsp3) is 0.333. The van der Waals surface area contributed by atoms with Gasteiger partial charge in [-0.3, -0.25) is 0 Å². The third-order valence-corrected chi connectivity index (χ3v) is 13.1. The maximum absolute atomic E-state index is 2.56. The number of rotatable bonds is 4. The number of nitrogens with zero attached hydrogens (tertiary/aromatic N) is 1. The van der Waals surface area contributed by atoms with E-state index in [1.165, 1.54) is 38.7 Å². The van der Waals surface area contributed by atoms with Gasteiger partial charge >= 0.3 is 0 Å². The van der Waals surface area contributed by atoms with Gasteiger partial charge in [0, 0.05) is 22.2 Å². The summed E-state index contributed by atoms with van der Waals surface area (Å²) in [6, 6.07) is 40.2. The van der Waals surface area contributed by atoms with Crippen molar-refractivity contribution in [3.05, 3.63) is 126 Å². The van der Waals surface area contributed by atoms with E-state index in [0.29, 0.717) is 0 Å². The zero-order valence-corrected chi connectivity index (χ0v) is 27.3. The minimum absolute atomic E-state index is 0.0444. The fourth-order valence-electron chi connectivity index (χ4n) is 8.96. The molecule has 0 heterocycles. The van der Waals surface area contributed by atoms with Crippen molar-refractivity contribution in [1.29, 1.82) is 0 Å². The minimum atomic E-state index is 0.0444. The van der Waals surface area contributed by atoms with Crippen molar-refractivity contribution in [2.75, 3.05) is 4.90 Å². The molecule has 0 bridgehead atoms. The predicted octanol–water partition coefficient (Wildman–Crippen LogP) is 11.9. The Labute approximate surface area is 258 Å². The van der Waals surface area contributed by atoms with Gasteiger partial charge in [0.1, 0.15) is 0 Å². The molecular formula is C42H45N. The molecule has 0 unspecified atom stereocenters. The Balaban J connectivity index is 1.50. The summed E-state index contributed by atoms with van der Waals surface area (Å²) in [5.74, 6) is 0. The zero-order valence-electron chi connectivity index (χ0n) is 27.3. The molecule has 0 fully saturated rings. The highest BCUT2D eigenvalue weighted by molar-refractivity contribution is 6.06. The average Bonchev–Trinajstić information content (AvgIpc) is 3.21. The van der Waals surface area contributed by atoms with Gasteiger partial charge < -0.3 is 4.90 Å². The van der Waals surface area contributed by atoms with E-state index in [1.54, 1.807) is 5.56 Å². The molecule has 0 radical (unpaired) electrons. The van der Waals surface area contributed by atoms with E-state index >= 15 is 0 Å². The SMILES string of the molecule is CC1(C)c2cc(-c3ccc(N(c4ccccc4)c4ccccc4)c4ccccc34)cc3c2C(C)(C1(C)C)C(C)(C)C3(C)C. The summed E-state index contributed by atoms with van der Waals surface area (Å²) in [5, 5.41) is 2.55. The Morgan fingerprint density at radius 3 is 1.40 bits per heavy atom. The van der Waals surface area contributed by atoms with E-state index in [4.69, 9.17) is 0 Å². The van der Waals surface area contributed by atoms with Crippen LogP contribution in [0, 0.1) is 10.8 Å². The van der Waals surface area contributed by atoms with Gasteiger partial charge in [-0.1, -0.05) is 141 Å². The van der Waals surface area contributed by atoms with E-state index < -0.39 is 0 Å². The van der Waals surface area contributed by atoms with Crippen molar-refractivity contribution in [3.8, 4) is 11.1 Å². The maximum atomic E-state index is 2.56. The monoisotopic (exact) mass is 563 g/mol. The Bertz CT molecular complexity index is 1780. The van der Waals surface area contributed by atoms with Crippen molar-refractivity contribution < 1.29 is 0 Å². The van der Waals surface area contributed by atoms with Crippen LogP contribution in [0.4, 0.5) is 17.1 Å². The van der Waals surface area contributed by atoms with Crippen molar-refractivity contribution in [2.45, 2.75) is 78.6 Å². The number of para-hydroxylation sites is 2. The number of fused-ring (bicyclic) bond motifs is 1. The number of hydrogen-bond acceptors (Lipinski definition) is 1. The lowest BCUT2D eigenvalue weighted by Gasteiger charge is -2.56. The Morgan fingerprint density at radius 1 is 0.465 bits per heavy atom. The molecule has 5 aromatic rings. The van der Waals surface area contributed by atoms with Crippen LogP contribution in [-0.4, -0.2) is 0 Å². The molecule has 1 heteroatoms. The van der Waals surface area contributed by atoms with Crippen molar-refractivity contribution in [3.63, 3.8) is 0 Å². The van der Waals surface area contributed by atoms with Crippen LogP contribution in [0.3, 0.4) is 0 Å². The Morgan fingerprint density at radius 2 is 0.907 bits per heavy atom. The average molecular weight is 564 g/mol. The molecule has 0 atom stereocenters. The molecule has 0 aromatic heterocycles. The second kappa shape index (κ2) is 8.85. The van der Waals surface area contributed by atoms with E-state index in [9.17, 15) is 0 Å². The van der Waals surface area contributed by atoms with Crippen LogP contribution in [0.1, 0.15) is 79.0 Å². The Kier molecular flexibility index (Phi) is 5.76. The molecule has 2 aliphatic carbocycles. The van der Waals surface area contributed by atoms with Gasteiger partial charge in [0.05, 0.1) is 5.69 Å². The topological polar surface area (TPSA) is 3.24 Å². The highest BCUT2D eigenvalue weighted by Gasteiger charge is 2.72. The molecule has 218 valence electrons. The molecule has 0 amide bonds. The molecule has 1 nitrogen and oxygen atoms in total. The van der Waals surface area contributed by atoms with Crippen LogP contribution < -0.4 is 4.90 Å².